The molecule has 0 spiro atoms. The van der Waals surface area contributed by atoms with E-state index in [0.717, 1.165) is 18.7 Å². The number of rotatable bonds is 6. The van der Waals surface area contributed by atoms with Gasteiger partial charge in [-0.3, -0.25) is 0 Å². The summed E-state index contributed by atoms with van der Waals surface area (Å²) >= 11 is 0. The quantitative estimate of drug-likeness (QED) is 0.647. The van der Waals surface area contributed by atoms with Crippen LogP contribution in [-0.2, 0) is 13.0 Å². The Labute approximate surface area is 78.3 Å². The molecular formula is C8H17N5. The van der Waals surface area contributed by atoms with Crippen molar-refractivity contribution in [1.82, 2.24) is 20.2 Å². The number of nitrogens with two attached hydrogens (primary N) is 1. The summed E-state index contributed by atoms with van der Waals surface area (Å²) in [5.41, 5.74) is 5.36. The van der Waals surface area contributed by atoms with E-state index in [-0.39, 0.29) is 0 Å². The molecule has 1 aromatic rings. The molecule has 0 aliphatic carbocycles. The van der Waals surface area contributed by atoms with Gasteiger partial charge in [-0.15, -0.1) is 10.2 Å². The van der Waals surface area contributed by atoms with Crippen molar-refractivity contribution in [2.45, 2.75) is 39.2 Å². The van der Waals surface area contributed by atoms with Crippen LogP contribution in [0.15, 0.2) is 0 Å². The molecule has 0 aromatic carbocycles. The van der Waals surface area contributed by atoms with Gasteiger partial charge in [0.25, 0.3) is 0 Å². The van der Waals surface area contributed by atoms with Gasteiger partial charge in [0, 0.05) is 13.0 Å². The molecule has 0 aliphatic rings. The first-order valence-corrected chi connectivity index (χ1v) is 4.83. The highest BCUT2D eigenvalue weighted by atomic mass is 15.6. The normalized spacial score (nSPS) is 10.6. The Balaban J connectivity index is 2.31. The molecule has 0 unspecified atom stereocenters. The fourth-order valence-corrected chi connectivity index (χ4v) is 1.12. The highest BCUT2D eigenvalue weighted by molar-refractivity contribution is 4.76. The third kappa shape index (κ3) is 3.50. The van der Waals surface area contributed by atoms with Crippen molar-refractivity contribution < 1.29 is 0 Å². The van der Waals surface area contributed by atoms with Crippen LogP contribution in [0.2, 0.25) is 0 Å². The molecule has 0 atom stereocenters. The van der Waals surface area contributed by atoms with Gasteiger partial charge in [-0.05, 0) is 11.6 Å². The maximum absolute atomic E-state index is 5.36. The lowest BCUT2D eigenvalue weighted by atomic mass is 10.2. The topological polar surface area (TPSA) is 69.6 Å². The number of hydrogen-bond donors (Lipinski definition) is 1. The number of aromatic nitrogens is 4. The van der Waals surface area contributed by atoms with Gasteiger partial charge in [0.2, 0.25) is 0 Å². The van der Waals surface area contributed by atoms with E-state index < -0.39 is 0 Å². The predicted molar refractivity (Wildman–Crippen MR) is 50.1 cm³/mol. The molecule has 13 heavy (non-hydrogen) atoms. The Hall–Kier alpha value is -0.970. The van der Waals surface area contributed by atoms with E-state index in [2.05, 4.69) is 22.3 Å². The third-order valence-electron chi connectivity index (χ3n) is 1.83. The van der Waals surface area contributed by atoms with Crippen molar-refractivity contribution in [2.24, 2.45) is 5.73 Å². The lowest BCUT2D eigenvalue weighted by molar-refractivity contribution is 0.528. The van der Waals surface area contributed by atoms with Gasteiger partial charge in [-0.1, -0.05) is 19.8 Å². The highest BCUT2D eigenvalue weighted by Gasteiger charge is 2.00. The van der Waals surface area contributed by atoms with Crippen molar-refractivity contribution in [1.29, 1.82) is 0 Å². The molecule has 0 fully saturated rings. The van der Waals surface area contributed by atoms with Gasteiger partial charge in [-0.25, -0.2) is 0 Å². The standard InChI is InChI=1S/C8H17N5/c1-2-3-4-5-8-10-12-13(11-8)7-6-9/h2-7,9H2,1H3. The summed E-state index contributed by atoms with van der Waals surface area (Å²) in [5.74, 6) is 0.835. The summed E-state index contributed by atoms with van der Waals surface area (Å²) in [6.07, 6.45) is 4.52. The van der Waals surface area contributed by atoms with Gasteiger partial charge in [0.05, 0.1) is 6.54 Å². The second-order valence-electron chi connectivity index (χ2n) is 3.05. The van der Waals surface area contributed by atoms with Crippen molar-refractivity contribution in [3.05, 3.63) is 5.82 Å². The Bertz CT molecular complexity index is 232. The number of aryl methyl sites for hydroxylation is 1. The molecule has 2 N–H and O–H groups in total. The van der Waals surface area contributed by atoms with Crippen molar-refractivity contribution in [2.75, 3.05) is 6.54 Å². The molecule has 1 aromatic heterocycles. The van der Waals surface area contributed by atoms with Crippen LogP contribution in [0, 0.1) is 0 Å². The van der Waals surface area contributed by atoms with Crippen molar-refractivity contribution in [3.63, 3.8) is 0 Å². The lowest BCUT2D eigenvalue weighted by Crippen LogP contribution is -2.12. The highest BCUT2D eigenvalue weighted by Crippen LogP contribution is 1.99. The van der Waals surface area contributed by atoms with E-state index in [9.17, 15) is 0 Å². The second kappa shape index (κ2) is 5.64. The van der Waals surface area contributed by atoms with Crippen LogP contribution >= 0.6 is 0 Å². The fraction of sp³-hybridized carbons (Fsp3) is 0.875. The molecule has 1 heterocycles. The smallest absolute Gasteiger partial charge is 0.174 e. The van der Waals surface area contributed by atoms with E-state index in [1.165, 1.54) is 12.8 Å². The van der Waals surface area contributed by atoms with Gasteiger partial charge in [0.1, 0.15) is 0 Å². The van der Waals surface area contributed by atoms with Crippen LogP contribution in [0.25, 0.3) is 0 Å². The molecule has 0 radical (unpaired) electrons. The summed E-state index contributed by atoms with van der Waals surface area (Å²) < 4.78 is 0. The second-order valence-corrected chi connectivity index (χ2v) is 3.05. The molecule has 1 rings (SSSR count). The SMILES string of the molecule is CCCCCc1nnn(CCN)n1. The van der Waals surface area contributed by atoms with Gasteiger partial charge in [-0.2, -0.15) is 4.80 Å². The maximum Gasteiger partial charge on any atom is 0.174 e. The average Bonchev–Trinajstić information content (AvgIpc) is 2.54. The Morgan fingerprint density at radius 1 is 1.38 bits per heavy atom. The zero-order valence-corrected chi connectivity index (χ0v) is 8.11. The molecule has 0 saturated heterocycles. The molecule has 0 saturated carbocycles. The Morgan fingerprint density at radius 2 is 2.23 bits per heavy atom. The van der Waals surface area contributed by atoms with Crippen LogP contribution in [0.4, 0.5) is 0 Å². The summed E-state index contributed by atoms with van der Waals surface area (Å²) in [6, 6.07) is 0. The molecule has 74 valence electrons. The van der Waals surface area contributed by atoms with Crippen LogP contribution in [0.3, 0.4) is 0 Å². The summed E-state index contributed by atoms with van der Waals surface area (Å²) in [6.45, 7) is 3.39. The van der Waals surface area contributed by atoms with Crippen LogP contribution < -0.4 is 5.73 Å². The van der Waals surface area contributed by atoms with Crippen molar-refractivity contribution >= 4 is 0 Å². The zero-order valence-electron chi connectivity index (χ0n) is 8.11. The molecule has 5 nitrogen and oxygen atoms in total. The monoisotopic (exact) mass is 183 g/mol. The third-order valence-corrected chi connectivity index (χ3v) is 1.83. The maximum atomic E-state index is 5.36. The van der Waals surface area contributed by atoms with Crippen LogP contribution in [-0.4, -0.2) is 26.8 Å². The van der Waals surface area contributed by atoms with E-state index in [0.29, 0.717) is 13.1 Å². The fourth-order valence-electron chi connectivity index (χ4n) is 1.12. The van der Waals surface area contributed by atoms with E-state index in [1.807, 2.05) is 0 Å². The van der Waals surface area contributed by atoms with Gasteiger partial charge >= 0.3 is 0 Å². The van der Waals surface area contributed by atoms with Crippen LogP contribution in [0.1, 0.15) is 32.0 Å². The number of tetrazole rings is 1. The number of unbranched alkanes of at least 4 members (excludes halogenated alkanes) is 2. The minimum atomic E-state index is 0.560. The van der Waals surface area contributed by atoms with E-state index in [4.69, 9.17) is 5.73 Å². The molecule has 0 amide bonds. The predicted octanol–water partition coefficient (Wildman–Crippen LogP) is 0.364. The van der Waals surface area contributed by atoms with E-state index >= 15 is 0 Å². The minimum Gasteiger partial charge on any atom is -0.329 e. The first kappa shape index (κ1) is 10.1. The van der Waals surface area contributed by atoms with Crippen molar-refractivity contribution in [3.8, 4) is 0 Å². The zero-order chi connectivity index (χ0) is 9.52. The van der Waals surface area contributed by atoms with Crippen LogP contribution in [0.5, 0.6) is 0 Å². The molecular weight excluding hydrogens is 166 g/mol. The number of hydrogen-bond acceptors (Lipinski definition) is 4. The van der Waals surface area contributed by atoms with Gasteiger partial charge < -0.3 is 5.73 Å². The molecule has 0 bridgehead atoms. The summed E-state index contributed by atoms with van der Waals surface area (Å²) in [4.78, 5) is 1.56. The first-order valence-electron chi connectivity index (χ1n) is 4.83. The summed E-state index contributed by atoms with van der Waals surface area (Å²) in [7, 11) is 0. The Morgan fingerprint density at radius 3 is 2.92 bits per heavy atom. The van der Waals surface area contributed by atoms with Gasteiger partial charge in [0.15, 0.2) is 5.82 Å². The molecule has 5 heteroatoms. The largest absolute Gasteiger partial charge is 0.329 e. The average molecular weight is 183 g/mol. The van der Waals surface area contributed by atoms with E-state index in [1.54, 1.807) is 4.80 Å². The number of nitrogens with zero attached hydrogens (tertiary/aromatic N) is 4. The Kier molecular flexibility index (Phi) is 4.39. The summed E-state index contributed by atoms with van der Waals surface area (Å²) in [5, 5.41) is 12.0. The first-order chi connectivity index (χ1) is 6.36. The lowest BCUT2D eigenvalue weighted by Gasteiger charge is -1.93. The molecule has 0 aliphatic heterocycles. The minimum absolute atomic E-state index is 0.560.